The first-order valence-electron chi connectivity index (χ1n) is 13.7. The molecule has 6 nitrogen and oxygen atoms in total. The minimum atomic E-state index is 0.0831. The molecule has 1 fully saturated rings. The molecule has 0 saturated carbocycles. The number of amides is 1. The Morgan fingerprint density at radius 3 is 2.27 bits per heavy atom. The molecule has 4 aromatic carbocycles. The summed E-state index contributed by atoms with van der Waals surface area (Å²) in [4.78, 5) is 27.4. The Kier molecular flexibility index (Phi) is 6.00. The number of rotatable bonds is 4. The summed E-state index contributed by atoms with van der Waals surface area (Å²) in [7, 11) is 0. The molecule has 0 N–H and O–H groups in total. The van der Waals surface area contributed by atoms with Crippen molar-refractivity contribution in [1.29, 1.82) is 0 Å². The summed E-state index contributed by atoms with van der Waals surface area (Å²) in [5.74, 6) is 0.992. The van der Waals surface area contributed by atoms with Gasteiger partial charge in [0.15, 0.2) is 5.65 Å². The molecule has 2 aromatic heterocycles. The van der Waals surface area contributed by atoms with E-state index in [0.29, 0.717) is 26.2 Å². The smallest absolute Gasteiger partial charge is 0.254 e. The third-order valence-corrected chi connectivity index (χ3v) is 7.85. The number of piperazine rings is 1. The third-order valence-electron chi connectivity index (χ3n) is 7.85. The maximum absolute atomic E-state index is 13.6. The van der Waals surface area contributed by atoms with Crippen molar-refractivity contribution in [3.05, 3.63) is 121 Å². The highest BCUT2D eigenvalue weighted by molar-refractivity contribution is 6.07. The zero-order valence-corrected chi connectivity index (χ0v) is 22.4. The molecule has 0 atom stereocenters. The SMILES string of the molecule is Cc1ccc(-n2cc(-c3ccccc3)c3c(N4CCN(C(=O)c5cccc6ccccc56)CC4)ncnc32)cc1. The first-order chi connectivity index (χ1) is 19.7. The van der Waals surface area contributed by atoms with Gasteiger partial charge in [0.2, 0.25) is 0 Å². The van der Waals surface area contributed by atoms with Gasteiger partial charge in [-0.2, -0.15) is 0 Å². The lowest BCUT2D eigenvalue weighted by Gasteiger charge is -2.36. The van der Waals surface area contributed by atoms with Crippen LogP contribution in [0.3, 0.4) is 0 Å². The van der Waals surface area contributed by atoms with Crippen molar-refractivity contribution in [2.45, 2.75) is 6.92 Å². The van der Waals surface area contributed by atoms with Crippen molar-refractivity contribution in [1.82, 2.24) is 19.4 Å². The van der Waals surface area contributed by atoms with E-state index in [0.717, 1.165) is 50.0 Å². The number of hydrogen-bond donors (Lipinski definition) is 0. The standard InChI is InChI=1S/C34H29N5O/c1-24-14-16-27(17-15-24)39-22-30(26-8-3-2-4-9-26)31-32(35-23-36-33(31)39)37-18-20-38(21-19-37)34(40)29-13-7-11-25-10-5-6-12-28(25)29/h2-17,22-23H,18-21H2,1H3. The van der Waals surface area contributed by atoms with Crippen LogP contribution in [-0.2, 0) is 0 Å². The third kappa shape index (κ3) is 4.18. The van der Waals surface area contributed by atoms with E-state index in [-0.39, 0.29) is 5.91 Å². The van der Waals surface area contributed by atoms with Crippen LogP contribution in [0.1, 0.15) is 15.9 Å². The fourth-order valence-electron chi connectivity index (χ4n) is 5.73. The molecule has 196 valence electrons. The summed E-state index contributed by atoms with van der Waals surface area (Å²) in [6.45, 7) is 4.76. The molecule has 0 aliphatic carbocycles. The molecule has 1 saturated heterocycles. The van der Waals surface area contributed by atoms with Crippen LogP contribution in [0.15, 0.2) is 110 Å². The van der Waals surface area contributed by atoms with Crippen LogP contribution in [0.25, 0.3) is 38.6 Å². The quantitative estimate of drug-likeness (QED) is 0.264. The fraction of sp³-hybridized carbons (Fsp3) is 0.147. The molecule has 1 amide bonds. The lowest BCUT2D eigenvalue weighted by molar-refractivity contribution is 0.0748. The van der Waals surface area contributed by atoms with Crippen molar-refractivity contribution < 1.29 is 4.79 Å². The Morgan fingerprint density at radius 1 is 0.750 bits per heavy atom. The van der Waals surface area contributed by atoms with E-state index < -0.39 is 0 Å². The molecule has 3 heterocycles. The number of carbonyl (C=O) groups excluding carboxylic acids is 1. The summed E-state index contributed by atoms with van der Waals surface area (Å²) in [5.41, 5.74) is 6.14. The zero-order chi connectivity index (χ0) is 27.1. The second-order valence-corrected chi connectivity index (χ2v) is 10.3. The van der Waals surface area contributed by atoms with Gasteiger partial charge in [-0.25, -0.2) is 9.97 Å². The molecule has 6 aromatic rings. The van der Waals surface area contributed by atoms with Gasteiger partial charge in [0.05, 0.1) is 5.39 Å². The van der Waals surface area contributed by atoms with E-state index in [4.69, 9.17) is 9.97 Å². The number of aryl methyl sites for hydroxylation is 1. The van der Waals surface area contributed by atoms with E-state index in [1.165, 1.54) is 5.56 Å². The van der Waals surface area contributed by atoms with Gasteiger partial charge in [-0.15, -0.1) is 0 Å². The van der Waals surface area contributed by atoms with Crippen molar-refractivity contribution in [3.8, 4) is 16.8 Å². The van der Waals surface area contributed by atoms with Crippen molar-refractivity contribution in [3.63, 3.8) is 0 Å². The molecule has 0 bridgehead atoms. The molecule has 0 unspecified atom stereocenters. The molecule has 1 aliphatic rings. The summed E-state index contributed by atoms with van der Waals surface area (Å²) in [5, 5.41) is 3.12. The Hall–Kier alpha value is -4.97. The second kappa shape index (κ2) is 9.97. The van der Waals surface area contributed by atoms with Crippen molar-refractivity contribution >= 4 is 33.5 Å². The Bertz CT molecular complexity index is 1830. The van der Waals surface area contributed by atoms with Gasteiger partial charge < -0.3 is 14.4 Å². The van der Waals surface area contributed by atoms with Crippen LogP contribution in [0.4, 0.5) is 5.82 Å². The van der Waals surface area contributed by atoms with E-state index in [1.807, 2.05) is 41.3 Å². The molecular formula is C34H29N5O. The fourth-order valence-corrected chi connectivity index (χ4v) is 5.73. The lowest BCUT2D eigenvalue weighted by atomic mass is 10.0. The van der Waals surface area contributed by atoms with Crippen LogP contribution in [-0.4, -0.2) is 51.5 Å². The van der Waals surface area contributed by atoms with Crippen LogP contribution in [0.5, 0.6) is 0 Å². The summed E-state index contributed by atoms with van der Waals surface area (Å²) in [6, 6.07) is 33.0. The first kappa shape index (κ1) is 24.1. The van der Waals surface area contributed by atoms with Gasteiger partial charge in [-0.1, -0.05) is 84.4 Å². The average molecular weight is 524 g/mol. The minimum absolute atomic E-state index is 0.0831. The van der Waals surface area contributed by atoms with Crippen LogP contribution < -0.4 is 4.90 Å². The van der Waals surface area contributed by atoms with Gasteiger partial charge in [0, 0.05) is 49.2 Å². The van der Waals surface area contributed by atoms with Gasteiger partial charge in [-0.05, 0) is 41.5 Å². The highest BCUT2D eigenvalue weighted by atomic mass is 16.2. The highest BCUT2D eigenvalue weighted by Gasteiger charge is 2.27. The Morgan fingerprint density at radius 2 is 1.48 bits per heavy atom. The van der Waals surface area contributed by atoms with E-state index >= 15 is 0 Å². The van der Waals surface area contributed by atoms with E-state index in [1.54, 1.807) is 6.33 Å². The van der Waals surface area contributed by atoms with Crippen molar-refractivity contribution in [2.75, 3.05) is 31.1 Å². The Labute approximate surface area is 233 Å². The predicted molar refractivity (Wildman–Crippen MR) is 161 cm³/mol. The summed E-state index contributed by atoms with van der Waals surface area (Å²) >= 11 is 0. The van der Waals surface area contributed by atoms with Crippen LogP contribution >= 0.6 is 0 Å². The second-order valence-electron chi connectivity index (χ2n) is 10.3. The molecule has 1 aliphatic heterocycles. The number of aromatic nitrogens is 3. The molecule has 40 heavy (non-hydrogen) atoms. The molecule has 6 heteroatoms. The molecule has 7 rings (SSSR count). The topological polar surface area (TPSA) is 54.3 Å². The maximum atomic E-state index is 13.6. The Balaban J connectivity index is 1.24. The number of anilines is 1. The largest absolute Gasteiger partial charge is 0.352 e. The number of fused-ring (bicyclic) bond motifs is 2. The predicted octanol–water partition coefficient (Wildman–Crippen LogP) is 6.51. The van der Waals surface area contributed by atoms with E-state index in [2.05, 4.69) is 83.3 Å². The first-order valence-corrected chi connectivity index (χ1v) is 13.7. The molecular weight excluding hydrogens is 494 g/mol. The lowest BCUT2D eigenvalue weighted by Crippen LogP contribution is -2.49. The summed E-state index contributed by atoms with van der Waals surface area (Å²) in [6.07, 6.45) is 3.83. The van der Waals surface area contributed by atoms with Gasteiger partial charge in [0.1, 0.15) is 12.1 Å². The van der Waals surface area contributed by atoms with Crippen LogP contribution in [0, 0.1) is 6.92 Å². The maximum Gasteiger partial charge on any atom is 0.254 e. The van der Waals surface area contributed by atoms with Gasteiger partial charge >= 0.3 is 0 Å². The highest BCUT2D eigenvalue weighted by Crippen LogP contribution is 2.37. The number of carbonyl (C=O) groups is 1. The normalized spacial score (nSPS) is 13.7. The average Bonchev–Trinajstić information content (AvgIpc) is 3.41. The van der Waals surface area contributed by atoms with Crippen molar-refractivity contribution in [2.24, 2.45) is 0 Å². The van der Waals surface area contributed by atoms with Crippen LogP contribution in [0.2, 0.25) is 0 Å². The number of benzene rings is 4. The number of nitrogens with zero attached hydrogens (tertiary/aromatic N) is 5. The van der Waals surface area contributed by atoms with E-state index in [9.17, 15) is 4.79 Å². The van der Waals surface area contributed by atoms with Gasteiger partial charge in [-0.3, -0.25) is 4.79 Å². The van der Waals surface area contributed by atoms with Gasteiger partial charge in [0.25, 0.3) is 5.91 Å². The monoisotopic (exact) mass is 523 g/mol. The summed E-state index contributed by atoms with van der Waals surface area (Å²) < 4.78 is 2.16. The zero-order valence-electron chi connectivity index (χ0n) is 22.4. The minimum Gasteiger partial charge on any atom is -0.352 e. The molecule has 0 radical (unpaired) electrons. The molecule has 0 spiro atoms. The number of hydrogen-bond acceptors (Lipinski definition) is 4.